The molecule has 0 aromatic heterocycles. The molecular formula is C26H27N3O5S. The van der Waals surface area contributed by atoms with E-state index >= 15 is 0 Å². The van der Waals surface area contributed by atoms with Crippen LogP contribution in [-0.2, 0) is 45.8 Å². The highest BCUT2D eigenvalue weighted by molar-refractivity contribution is 7.87. The van der Waals surface area contributed by atoms with E-state index < -0.39 is 16.3 Å². The fourth-order valence-electron chi connectivity index (χ4n) is 4.24. The highest BCUT2D eigenvalue weighted by Crippen LogP contribution is 2.27. The number of rotatable bonds is 8. The van der Waals surface area contributed by atoms with Gasteiger partial charge in [0.25, 0.3) is 0 Å². The molecule has 35 heavy (non-hydrogen) atoms. The van der Waals surface area contributed by atoms with Gasteiger partial charge in [-0.05, 0) is 40.8 Å². The number of nitrogens with one attached hydrogen (secondary N) is 2. The third kappa shape index (κ3) is 6.68. The van der Waals surface area contributed by atoms with Gasteiger partial charge in [0, 0.05) is 25.9 Å². The van der Waals surface area contributed by atoms with Crippen molar-refractivity contribution >= 4 is 27.8 Å². The van der Waals surface area contributed by atoms with Crippen molar-refractivity contribution in [3.63, 3.8) is 0 Å². The van der Waals surface area contributed by atoms with E-state index in [9.17, 15) is 18.0 Å². The summed E-state index contributed by atoms with van der Waals surface area (Å²) in [6.45, 7) is 0.514. The van der Waals surface area contributed by atoms with Gasteiger partial charge < -0.3 is 10.2 Å². The number of nitrogens with zero attached hydrogens (tertiary/aromatic N) is 1. The molecule has 0 saturated heterocycles. The van der Waals surface area contributed by atoms with Crippen LogP contribution in [0.1, 0.15) is 28.7 Å². The number of fused-ring (bicyclic) bond motifs is 1. The van der Waals surface area contributed by atoms with Gasteiger partial charge in [0.1, 0.15) is 6.04 Å². The molecule has 1 atom stereocenters. The van der Waals surface area contributed by atoms with Crippen molar-refractivity contribution in [3.8, 4) is 0 Å². The molecule has 0 spiro atoms. The summed E-state index contributed by atoms with van der Waals surface area (Å²) in [4.78, 5) is 28.0. The number of hydrogen-bond donors (Lipinski definition) is 3. The van der Waals surface area contributed by atoms with Gasteiger partial charge in [-0.3, -0.25) is 18.9 Å². The number of amides is 2. The molecule has 1 heterocycles. The van der Waals surface area contributed by atoms with Crippen molar-refractivity contribution in [2.24, 2.45) is 0 Å². The van der Waals surface area contributed by atoms with Crippen molar-refractivity contribution in [1.29, 1.82) is 0 Å². The SMILES string of the molecule is O=C(NCc1ccccc1)[C@@H]1Cc2ccc(NS(=O)(=O)O)cc2CN1C(=O)CCc1ccccc1. The first-order valence-corrected chi connectivity index (χ1v) is 12.7. The summed E-state index contributed by atoms with van der Waals surface area (Å²) in [5.74, 6) is -0.403. The van der Waals surface area contributed by atoms with E-state index in [1.54, 1.807) is 17.0 Å². The van der Waals surface area contributed by atoms with Crippen molar-refractivity contribution in [3.05, 3.63) is 101 Å². The van der Waals surface area contributed by atoms with Crippen molar-refractivity contribution in [1.82, 2.24) is 10.2 Å². The molecule has 3 aromatic rings. The number of carbonyl (C=O) groups is 2. The summed E-state index contributed by atoms with van der Waals surface area (Å²) >= 11 is 0. The van der Waals surface area contributed by atoms with E-state index in [1.165, 1.54) is 6.07 Å². The lowest BCUT2D eigenvalue weighted by Crippen LogP contribution is -2.52. The lowest BCUT2D eigenvalue weighted by atomic mass is 9.92. The fourth-order valence-corrected chi connectivity index (χ4v) is 4.66. The Labute approximate surface area is 204 Å². The average Bonchev–Trinajstić information content (AvgIpc) is 2.85. The number of hydrogen-bond acceptors (Lipinski definition) is 4. The van der Waals surface area contributed by atoms with Gasteiger partial charge >= 0.3 is 10.3 Å². The number of carbonyl (C=O) groups excluding carboxylic acids is 2. The molecule has 9 heteroatoms. The zero-order valence-corrected chi connectivity index (χ0v) is 19.9. The second kappa shape index (κ2) is 10.7. The van der Waals surface area contributed by atoms with Crippen LogP contribution in [0.25, 0.3) is 0 Å². The van der Waals surface area contributed by atoms with Gasteiger partial charge in [0.05, 0.1) is 5.69 Å². The summed E-state index contributed by atoms with van der Waals surface area (Å²) in [5, 5.41) is 2.94. The summed E-state index contributed by atoms with van der Waals surface area (Å²) in [5.41, 5.74) is 3.74. The normalized spacial score (nSPS) is 15.2. The van der Waals surface area contributed by atoms with Gasteiger partial charge in [-0.1, -0.05) is 66.7 Å². The molecule has 0 radical (unpaired) electrons. The zero-order valence-electron chi connectivity index (χ0n) is 19.1. The highest BCUT2D eigenvalue weighted by Gasteiger charge is 2.34. The molecule has 3 N–H and O–H groups in total. The predicted molar refractivity (Wildman–Crippen MR) is 133 cm³/mol. The third-order valence-corrected chi connectivity index (χ3v) is 6.48. The van der Waals surface area contributed by atoms with Crippen LogP contribution in [0, 0.1) is 0 Å². The Morgan fingerprint density at radius 2 is 1.57 bits per heavy atom. The van der Waals surface area contributed by atoms with Crippen LogP contribution in [-0.4, -0.2) is 35.7 Å². The van der Waals surface area contributed by atoms with Crippen LogP contribution in [0.5, 0.6) is 0 Å². The first-order chi connectivity index (χ1) is 16.8. The lowest BCUT2D eigenvalue weighted by molar-refractivity contribution is -0.141. The minimum Gasteiger partial charge on any atom is -0.350 e. The predicted octanol–water partition coefficient (Wildman–Crippen LogP) is 3.10. The summed E-state index contributed by atoms with van der Waals surface area (Å²) < 4.78 is 33.6. The smallest absolute Gasteiger partial charge is 0.350 e. The molecule has 182 valence electrons. The highest BCUT2D eigenvalue weighted by atomic mass is 32.2. The second-order valence-corrected chi connectivity index (χ2v) is 9.65. The summed E-state index contributed by atoms with van der Waals surface area (Å²) in [7, 11) is -4.43. The maximum absolute atomic E-state index is 13.3. The van der Waals surface area contributed by atoms with Crippen LogP contribution in [0.2, 0.25) is 0 Å². The van der Waals surface area contributed by atoms with Crippen molar-refractivity contribution < 1.29 is 22.6 Å². The Bertz CT molecular complexity index is 1300. The molecule has 1 aliphatic heterocycles. The maximum atomic E-state index is 13.3. The van der Waals surface area contributed by atoms with Crippen LogP contribution in [0.4, 0.5) is 5.69 Å². The molecular weight excluding hydrogens is 466 g/mol. The van der Waals surface area contributed by atoms with Crippen LogP contribution < -0.4 is 10.0 Å². The topological polar surface area (TPSA) is 116 Å². The first kappa shape index (κ1) is 24.4. The van der Waals surface area contributed by atoms with E-state index in [4.69, 9.17) is 4.55 Å². The Hall–Kier alpha value is -3.69. The molecule has 4 rings (SSSR count). The minimum absolute atomic E-state index is 0.160. The number of aryl methyl sites for hydroxylation is 1. The third-order valence-electron chi connectivity index (χ3n) is 5.99. The first-order valence-electron chi connectivity index (χ1n) is 11.3. The molecule has 0 aliphatic carbocycles. The molecule has 2 amide bonds. The summed E-state index contributed by atoms with van der Waals surface area (Å²) in [6, 6.07) is 23.3. The van der Waals surface area contributed by atoms with Gasteiger partial charge in [0.2, 0.25) is 11.8 Å². The van der Waals surface area contributed by atoms with Crippen LogP contribution in [0.3, 0.4) is 0 Å². The van der Waals surface area contributed by atoms with E-state index in [2.05, 4.69) is 5.32 Å². The molecule has 0 bridgehead atoms. The van der Waals surface area contributed by atoms with Gasteiger partial charge in [-0.2, -0.15) is 8.42 Å². The van der Waals surface area contributed by atoms with Crippen molar-refractivity contribution in [2.75, 3.05) is 4.72 Å². The maximum Gasteiger partial charge on any atom is 0.357 e. The van der Waals surface area contributed by atoms with E-state index in [0.717, 1.165) is 22.3 Å². The molecule has 3 aromatic carbocycles. The number of anilines is 1. The molecule has 0 unspecified atom stereocenters. The quantitative estimate of drug-likeness (QED) is 0.417. The molecule has 0 saturated carbocycles. The Morgan fingerprint density at radius 1 is 0.914 bits per heavy atom. The Balaban J connectivity index is 1.54. The molecule has 1 aliphatic rings. The Kier molecular flexibility index (Phi) is 7.48. The monoisotopic (exact) mass is 493 g/mol. The van der Waals surface area contributed by atoms with E-state index in [0.29, 0.717) is 19.4 Å². The summed E-state index contributed by atoms with van der Waals surface area (Å²) in [6.07, 6.45) is 1.09. The van der Waals surface area contributed by atoms with E-state index in [-0.39, 0.29) is 30.5 Å². The fraction of sp³-hybridized carbons (Fsp3) is 0.231. The minimum atomic E-state index is -4.43. The largest absolute Gasteiger partial charge is 0.357 e. The Morgan fingerprint density at radius 3 is 2.23 bits per heavy atom. The zero-order chi connectivity index (χ0) is 24.8. The van der Waals surface area contributed by atoms with E-state index in [1.807, 2.05) is 65.4 Å². The van der Waals surface area contributed by atoms with Crippen LogP contribution in [0.15, 0.2) is 78.9 Å². The van der Waals surface area contributed by atoms with Gasteiger partial charge in [-0.15, -0.1) is 0 Å². The lowest BCUT2D eigenvalue weighted by Gasteiger charge is -2.36. The molecule has 0 fully saturated rings. The second-order valence-electron chi connectivity index (χ2n) is 8.49. The average molecular weight is 494 g/mol. The van der Waals surface area contributed by atoms with Gasteiger partial charge in [-0.25, -0.2) is 0 Å². The van der Waals surface area contributed by atoms with Crippen molar-refractivity contribution in [2.45, 2.75) is 38.4 Å². The standard InChI is InChI=1S/C26H27N3O5S/c30-25(14-11-19-7-3-1-4-8-19)29-18-22-15-23(28-35(32,33)34)13-12-21(22)16-24(29)26(31)27-17-20-9-5-2-6-10-20/h1-10,12-13,15,24,28H,11,14,16-18H2,(H,27,31)(H,32,33,34)/t24-/m0/s1. The molecule has 8 nitrogen and oxygen atoms in total. The number of benzene rings is 3. The van der Waals surface area contributed by atoms with Gasteiger partial charge in [0.15, 0.2) is 0 Å². The van der Waals surface area contributed by atoms with Crippen LogP contribution >= 0.6 is 0 Å².